The summed E-state index contributed by atoms with van der Waals surface area (Å²) in [7, 11) is 0. The lowest BCUT2D eigenvalue weighted by atomic mass is 10.0. The Bertz CT molecular complexity index is 1720. The molecule has 3 aromatic carbocycles. The Balaban J connectivity index is 1.22. The molecular weight excluding hydrogens is 580 g/mol. The number of amides is 1. The average molecular weight is 623 g/mol. The summed E-state index contributed by atoms with van der Waals surface area (Å²) >= 11 is 0. The molecule has 0 bridgehead atoms. The molecule has 2 aliphatic rings. The van der Waals surface area contributed by atoms with Gasteiger partial charge in [0.15, 0.2) is 0 Å². The molecule has 0 radical (unpaired) electrons. The van der Waals surface area contributed by atoms with Crippen LogP contribution in [0.25, 0.3) is 5.69 Å². The van der Waals surface area contributed by atoms with Crippen molar-refractivity contribution in [3.8, 4) is 5.69 Å². The van der Waals surface area contributed by atoms with Crippen molar-refractivity contribution in [2.45, 2.75) is 52.1 Å². The van der Waals surface area contributed by atoms with E-state index >= 15 is 0 Å². The van der Waals surface area contributed by atoms with Crippen LogP contribution in [0.3, 0.4) is 0 Å². The number of piperazine rings is 1. The molecule has 10 heteroatoms. The Kier molecular flexibility index (Phi) is 9.35. The highest BCUT2D eigenvalue weighted by atomic mass is 16.5. The summed E-state index contributed by atoms with van der Waals surface area (Å²) in [6.07, 6.45) is 4.69. The number of carbonyl (C=O) groups is 2. The van der Waals surface area contributed by atoms with Crippen molar-refractivity contribution >= 4 is 23.3 Å². The van der Waals surface area contributed by atoms with Gasteiger partial charge in [0.05, 0.1) is 18.3 Å². The zero-order valence-electron chi connectivity index (χ0n) is 26.8. The van der Waals surface area contributed by atoms with Gasteiger partial charge in [-0.3, -0.25) is 19.4 Å². The van der Waals surface area contributed by atoms with Crippen LogP contribution in [0, 0.1) is 0 Å². The highest BCUT2D eigenvalue weighted by Gasteiger charge is 2.35. The second-order valence-electron chi connectivity index (χ2n) is 12.2. The molecule has 2 heterocycles. The van der Waals surface area contributed by atoms with E-state index < -0.39 is 12.0 Å². The first kappa shape index (κ1) is 31.3. The van der Waals surface area contributed by atoms with Crippen LogP contribution in [0.5, 0.6) is 0 Å². The molecule has 6 rings (SSSR count). The molecular formula is C36H42N6O4. The van der Waals surface area contributed by atoms with Gasteiger partial charge in [0, 0.05) is 37.6 Å². The molecule has 1 aliphatic heterocycles. The summed E-state index contributed by atoms with van der Waals surface area (Å²) < 4.78 is 8.33. The molecule has 1 aliphatic carbocycles. The third kappa shape index (κ3) is 6.48. The van der Waals surface area contributed by atoms with Crippen molar-refractivity contribution in [1.82, 2.24) is 19.2 Å². The largest absolute Gasteiger partial charge is 0.465 e. The molecule has 1 atom stereocenters. The maximum Gasteiger partial charge on any atom is 0.350 e. The van der Waals surface area contributed by atoms with E-state index in [1.807, 2.05) is 74.5 Å². The van der Waals surface area contributed by atoms with E-state index in [1.54, 1.807) is 22.7 Å². The highest BCUT2D eigenvalue weighted by Crippen LogP contribution is 2.32. The molecule has 0 saturated carbocycles. The molecule has 1 aromatic heterocycles. The highest BCUT2D eigenvalue weighted by molar-refractivity contribution is 6.01. The van der Waals surface area contributed by atoms with Crippen LogP contribution in [0.15, 0.2) is 83.9 Å². The summed E-state index contributed by atoms with van der Waals surface area (Å²) in [5, 5.41) is 4.23. The number of hydrogen-bond donors (Lipinski definition) is 0. The number of anilines is 2. The Morgan fingerprint density at radius 3 is 2.26 bits per heavy atom. The van der Waals surface area contributed by atoms with Crippen LogP contribution in [-0.2, 0) is 27.2 Å². The van der Waals surface area contributed by atoms with Gasteiger partial charge in [-0.1, -0.05) is 36.4 Å². The average Bonchev–Trinajstić information content (AvgIpc) is 3.71. The third-order valence-corrected chi connectivity index (χ3v) is 8.96. The second-order valence-corrected chi connectivity index (χ2v) is 12.2. The predicted molar refractivity (Wildman–Crippen MR) is 179 cm³/mol. The van der Waals surface area contributed by atoms with E-state index in [9.17, 15) is 14.4 Å². The Labute approximate surface area is 269 Å². The van der Waals surface area contributed by atoms with Gasteiger partial charge in [-0.25, -0.2) is 14.0 Å². The zero-order valence-corrected chi connectivity index (χ0v) is 26.8. The van der Waals surface area contributed by atoms with Crippen LogP contribution in [0.4, 0.5) is 11.4 Å². The number of ether oxygens (including phenoxy) is 1. The van der Waals surface area contributed by atoms with E-state index in [2.05, 4.69) is 27.0 Å². The van der Waals surface area contributed by atoms with E-state index in [-0.39, 0.29) is 30.8 Å². The Hall–Kier alpha value is -4.70. The van der Waals surface area contributed by atoms with Gasteiger partial charge in [-0.15, -0.1) is 0 Å². The lowest BCUT2D eigenvalue weighted by Gasteiger charge is -2.41. The second kappa shape index (κ2) is 13.7. The van der Waals surface area contributed by atoms with Gasteiger partial charge in [0.25, 0.3) is 0 Å². The lowest BCUT2D eigenvalue weighted by molar-refractivity contribution is -0.142. The maximum atomic E-state index is 14.6. The fraction of sp³-hybridized carbons (Fsp3) is 0.389. The molecule has 1 saturated heterocycles. The minimum atomic E-state index is -0.558. The van der Waals surface area contributed by atoms with Crippen LogP contribution in [0.2, 0.25) is 0 Å². The van der Waals surface area contributed by atoms with Gasteiger partial charge in [0.2, 0.25) is 5.91 Å². The monoisotopic (exact) mass is 622 g/mol. The summed E-state index contributed by atoms with van der Waals surface area (Å²) in [4.78, 5) is 46.3. The molecule has 240 valence electrons. The number of benzene rings is 3. The summed E-state index contributed by atoms with van der Waals surface area (Å²) in [6, 6.07) is 23.3. The zero-order chi connectivity index (χ0) is 32.2. The molecule has 1 unspecified atom stereocenters. The number of fused-ring (bicyclic) bond motifs is 1. The number of esters is 1. The molecule has 46 heavy (non-hydrogen) atoms. The van der Waals surface area contributed by atoms with Crippen LogP contribution in [0.1, 0.15) is 56.0 Å². The van der Waals surface area contributed by atoms with Gasteiger partial charge in [-0.2, -0.15) is 5.10 Å². The number of aryl methyl sites for hydroxylation is 2. The number of aromatic nitrogens is 3. The fourth-order valence-corrected chi connectivity index (χ4v) is 6.56. The number of carbonyl (C=O) groups excluding carboxylic acids is 2. The molecule has 0 spiro atoms. The molecule has 4 aromatic rings. The maximum absolute atomic E-state index is 14.6. The number of rotatable bonds is 10. The van der Waals surface area contributed by atoms with Crippen molar-refractivity contribution in [3.63, 3.8) is 0 Å². The van der Waals surface area contributed by atoms with Crippen molar-refractivity contribution < 1.29 is 14.3 Å². The quantitative estimate of drug-likeness (QED) is 0.240. The van der Waals surface area contributed by atoms with E-state index in [1.165, 1.54) is 15.8 Å². The van der Waals surface area contributed by atoms with Crippen molar-refractivity contribution in [3.05, 3.63) is 106 Å². The normalized spacial score (nSPS) is 15.5. The minimum absolute atomic E-state index is 0.0124. The topological polar surface area (TPSA) is 92.9 Å². The fourth-order valence-electron chi connectivity index (χ4n) is 6.56. The summed E-state index contributed by atoms with van der Waals surface area (Å²) in [6.45, 7) is 8.52. The van der Waals surface area contributed by atoms with E-state index in [4.69, 9.17) is 4.74 Å². The smallest absolute Gasteiger partial charge is 0.350 e. The first-order chi connectivity index (χ1) is 22.3. The van der Waals surface area contributed by atoms with E-state index in [0.29, 0.717) is 13.1 Å². The van der Waals surface area contributed by atoms with Crippen LogP contribution < -0.4 is 15.5 Å². The number of nitrogens with zero attached hydrogens (tertiary/aromatic N) is 6. The van der Waals surface area contributed by atoms with Gasteiger partial charge >= 0.3 is 11.7 Å². The SMILES string of the molecule is CCOC(=O)CN(C(=O)C(c1ccccc1)N1CCN(c2ccc(-n3cnn(C(C)C)c3=O)cc2)CC1)c1ccc2c(c1)CCC2. The van der Waals surface area contributed by atoms with Gasteiger partial charge in [-0.05, 0) is 93.1 Å². The van der Waals surface area contributed by atoms with E-state index in [0.717, 1.165) is 55.0 Å². The molecule has 1 amide bonds. The minimum Gasteiger partial charge on any atom is -0.465 e. The van der Waals surface area contributed by atoms with Crippen LogP contribution >= 0.6 is 0 Å². The molecule has 10 nitrogen and oxygen atoms in total. The van der Waals surface area contributed by atoms with Crippen LogP contribution in [-0.4, -0.2) is 70.5 Å². The third-order valence-electron chi connectivity index (χ3n) is 8.96. The molecule has 0 N–H and O–H groups in total. The van der Waals surface area contributed by atoms with Crippen molar-refractivity contribution in [1.29, 1.82) is 0 Å². The Morgan fingerprint density at radius 2 is 1.59 bits per heavy atom. The summed E-state index contributed by atoms with van der Waals surface area (Å²) in [5.74, 6) is -0.558. The Morgan fingerprint density at radius 1 is 0.891 bits per heavy atom. The van der Waals surface area contributed by atoms with Crippen molar-refractivity contribution in [2.24, 2.45) is 0 Å². The van der Waals surface area contributed by atoms with Gasteiger partial charge < -0.3 is 9.64 Å². The standard InChI is InChI=1S/C36H42N6O4/c1-4-46-33(43)24-40(32-14-13-27-11-8-12-29(27)23-32)35(44)34(28-9-6-5-7-10-28)39-21-19-38(20-22-39)30-15-17-31(18-16-30)41-25-37-42(26(2)3)36(41)45/h5-7,9-10,13-18,23,25-26,34H,4,8,11-12,19-22,24H2,1-3H3. The lowest BCUT2D eigenvalue weighted by Crippen LogP contribution is -2.52. The first-order valence-electron chi connectivity index (χ1n) is 16.2. The van der Waals surface area contributed by atoms with Gasteiger partial charge in [0.1, 0.15) is 18.9 Å². The summed E-state index contributed by atoms with van der Waals surface area (Å²) in [5.41, 5.74) is 5.84. The first-order valence-corrected chi connectivity index (χ1v) is 16.2. The predicted octanol–water partition coefficient (Wildman–Crippen LogP) is 4.56. The van der Waals surface area contributed by atoms with Crippen molar-refractivity contribution in [2.75, 3.05) is 49.1 Å². The number of hydrogen-bond acceptors (Lipinski definition) is 7. The molecule has 1 fully saturated rings.